The molecule has 2 N–H and O–H groups in total. The monoisotopic (exact) mass is 217 g/mol. The van der Waals surface area contributed by atoms with Crippen LogP contribution in [0.4, 0.5) is 5.69 Å². The van der Waals surface area contributed by atoms with Gasteiger partial charge in [0.1, 0.15) is 0 Å². The molecule has 0 bridgehead atoms. The summed E-state index contributed by atoms with van der Waals surface area (Å²) in [6.45, 7) is 2.15. The number of hydrogen-bond donors (Lipinski definition) is 1. The van der Waals surface area contributed by atoms with Crippen LogP contribution in [-0.4, -0.2) is 0 Å². The van der Waals surface area contributed by atoms with Gasteiger partial charge in [0.25, 0.3) is 0 Å². The molecule has 0 aliphatic heterocycles. The molecule has 2 heteroatoms. The number of nitrogen functional groups attached to an aromatic ring is 1. The highest BCUT2D eigenvalue weighted by Gasteiger charge is 1.98. The van der Waals surface area contributed by atoms with Gasteiger partial charge in [-0.2, -0.15) is 0 Å². The summed E-state index contributed by atoms with van der Waals surface area (Å²) in [4.78, 5) is 2.84. The summed E-state index contributed by atoms with van der Waals surface area (Å²) in [5, 5.41) is 0. The first-order valence-electron chi connectivity index (χ1n) is 5.14. The average Bonchev–Trinajstić information content (AvgIpc) is 2.62. The van der Waals surface area contributed by atoms with E-state index in [2.05, 4.69) is 31.2 Å². The molecule has 1 heterocycles. The van der Waals surface area contributed by atoms with Crippen LogP contribution < -0.4 is 5.73 Å². The van der Waals surface area contributed by atoms with E-state index in [-0.39, 0.29) is 0 Å². The zero-order valence-corrected chi connectivity index (χ0v) is 9.68. The van der Waals surface area contributed by atoms with Gasteiger partial charge in [-0.1, -0.05) is 12.1 Å². The van der Waals surface area contributed by atoms with Gasteiger partial charge in [0.15, 0.2) is 0 Å². The Morgan fingerprint density at radius 2 is 2.00 bits per heavy atom. The van der Waals surface area contributed by atoms with Crippen LogP contribution in [0.3, 0.4) is 0 Å². The number of rotatable bonds is 3. The summed E-state index contributed by atoms with van der Waals surface area (Å²) >= 11 is 1.88. The summed E-state index contributed by atoms with van der Waals surface area (Å²) < 4.78 is 0. The average molecular weight is 217 g/mol. The first-order valence-corrected chi connectivity index (χ1v) is 5.95. The van der Waals surface area contributed by atoms with Crippen molar-refractivity contribution in [3.8, 4) is 0 Å². The largest absolute Gasteiger partial charge is 0.399 e. The second-order valence-electron chi connectivity index (χ2n) is 3.76. The maximum Gasteiger partial charge on any atom is 0.0316 e. The smallest absolute Gasteiger partial charge is 0.0316 e. The second kappa shape index (κ2) is 4.49. The molecule has 2 aromatic rings. The third-order valence-corrected chi connectivity index (χ3v) is 3.47. The molecule has 1 aromatic heterocycles. The van der Waals surface area contributed by atoms with Crippen LogP contribution in [0.15, 0.2) is 36.4 Å². The van der Waals surface area contributed by atoms with Crippen molar-refractivity contribution in [3.05, 3.63) is 51.7 Å². The SMILES string of the molecule is Cc1ccc(CCc2cccc(N)c2)s1. The lowest BCUT2D eigenvalue weighted by atomic mass is 10.1. The number of nitrogens with two attached hydrogens (primary N) is 1. The highest BCUT2D eigenvalue weighted by molar-refractivity contribution is 7.11. The molecule has 15 heavy (non-hydrogen) atoms. The highest BCUT2D eigenvalue weighted by Crippen LogP contribution is 2.18. The van der Waals surface area contributed by atoms with Crippen molar-refractivity contribution in [2.24, 2.45) is 0 Å². The van der Waals surface area contributed by atoms with Gasteiger partial charge in [0, 0.05) is 15.4 Å². The molecule has 1 nitrogen and oxygen atoms in total. The molecule has 0 spiro atoms. The Labute approximate surface area is 94.6 Å². The first kappa shape index (κ1) is 10.2. The molecule has 0 aliphatic rings. The van der Waals surface area contributed by atoms with E-state index in [1.165, 1.54) is 15.3 Å². The molecular weight excluding hydrogens is 202 g/mol. The zero-order valence-electron chi connectivity index (χ0n) is 8.86. The lowest BCUT2D eigenvalue weighted by Gasteiger charge is -2.00. The summed E-state index contributed by atoms with van der Waals surface area (Å²) in [6, 6.07) is 12.5. The number of thiophene rings is 1. The van der Waals surface area contributed by atoms with Crippen LogP contribution in [0.5, 0.6) is 0 Å². The molecular formula is C13H15NS. The Morgan fingerprint density at radius 3 is 2.67 bits per heavy atom. The van der Waals surface area contributed by atoms with E-state index in [9.17, 15) is 0 Å². The van der Waals surface area contributed by atoms with Crippen molar-refractivity contribution in [2.45, 2.75) is 19.8 Å². The number of hydrogen-bond acceptors (Lipinski definition) is 2. The molecule has 0 unspecified atom stereocenters. The zero-order chi connectivity index (χ0) is 10.7. The molecule has 0 saturated carbocycles. The standard InChI is InChI=1S/C13H15NS/c1-10-5-7-13(15-10)8-6-11-3-2-4-12(14)9-11/h2-5,7,9H,6,8,14H2,1H3. The Hall–Kier alpha value is -1.28. The topological polar surface area (TPSA) is 26.0 Å². The summed E-state index contributed by atoms with van der Waals surface area (Å²) in [5.74, 6) is 0. The minimum Gasteiger partial charge on any atom is -0.399 e. The van der Waals surface area contributed by atoms with Gasteiger partial charge in [0.05, 0.1) is 0 Å². The van der Waals surface area contributed by atoms with Gasteiger partial charge in [0.2, 0.25) is 0 Å². The van der Waals surface area contributed by atoms with Gasteiger partial charge < -0.3 is 5.73 Å². The lowest BCUT2D eigenvalue weighted by Crippen LogP contribution is -1.91. The molecule has 2 rings (SSSR count). The Balaban J connectivity index is 1.99. The third kappa shape index (κ3) is 2.83. The van der Waals surface area contributed by atoms with Crippen molar-refractivity contribution < 1.29 is 0 Å². The normalized spacial score (nSPS) is 10.5. The minimum absolute atomic E-state index is 0.856. The van der Waals surface area contributed by atoms with Crippen molar-refractivity contribution >= 4 is 17.0 Å². The summed E-state index contributed by atoms with van der Waals surface area (Å²) in [7, 11) is 0. The maximum atomic E-state index is 5.73. The van der Waals surface area contributed by atoms with Crippen molar-refractivity contribution in [3.63, 3.8) is 0 Å². The lowest BCUT2D eigenvalue weighted by molar-refractivity contribution is 0.982. The molecule has 1 aromatic carbocycles. The van der Waals surface area contributed by atoms with Crippen LogP contribution in [0.1, 0.15) is 15.3 Å². The molecule has 0 saturated heterocycles. The van der Waals surface area contributed by atoms with Gasteiger partial charge in [-0.05, 0) is 49.6 Å². The number of anilines is 1. The Bertz CT molecular complexity index is 445. The maximum absolute atomic E-state index is 5.73. The molecule has 0 amide bonds. The molecule has 0 fully saturated rings. The van der Waals surface area contributed by atoms with Crippen LogP contribution >= 0.6 is 11.3 Å². The third-order valence-electron chi connectivity index (χ3n) is 2.41. The van der Waals surface area contributed by atoms with E-state index >= 15 is 0 Å². The highest BCUT2D eigenvalue weighted by atomic mass is 32.1. The van der Waals surface area contributed by atoms with Crippen molar-refractivity contribution in [1.82, 2.24) is 0 Å². The van der Waals surface area contributed by atoms with Gasteiger partial charge in [-0.15, -0.1) is 11.3 Å². The summed E-state index contributed by atoms with van der Waals surface area (Å²) in [6.07, 6.45) is 2.19. The van der Waals surface area contributed by atoms with Crippen molar-refractivity contribution in [1.29, 1.82) is 0 Å². The molecule has 78 valence electrons. The van der Waals surface area contributed by atoms with Crippen LogP contribution in [0.2, 0.25) is 0 Å². The predicted molar refractivity (Wildman–Crippen MR) is 67.3 cm³/mol. The van der Waals surface area contributed by atoms with E-state index in [1.54, 1.807) is 0 Å². The van der Waals surface area contributed by atoms with E-state index < -0.39 is 0 Å². The fourth-order valence-electron chi connectivity index (χ4n) is 1.64. The first-order chi connectivity index (χ1) is 7.24. The number of aryl methyl sites for hydroxylation is 3. The predicted octanol–water partition coefficient (Wildman–Crippen LogP) is 3.42. The van der Waals surface area contributed by atoms with Crippen LogP contribution in [-0.2, 0) is 12.8 Å². The molecule has 0 atom stereocenters. The van der Waals surface area contributed by atoms with Crippen LogP contribution in [0.25, 0.3) is 0 Å². The Kier molecular flexibility index (Phi) is 3.07. The fourth-order valence-corrected chi connectivity index (χ4v) is 2.53. The fraction of sp³-hybridized carbons (Fsp3) is 0.231. The van der Waals surface area contributed by atoms with E-state index in [1.807, 2.05) is 23.5 Å². The van der Waals surface area contributed by atoms with Crippen LogP contribution in [0, 0.1) is 6.92 Å². The van der Waals surface area contributed by atoms with E-state index in [4.69, 9.17) is 5.73 Å². The van der Waals surface area contributed by atoms with Gasteiger partial charge in [-0.25, -0.2) is 0 Å². The van der Waals surface area contributed by atoms with Gasteiger partial charge in [-0.3, -0.25) is 0 Å². The van der Waals surface area contributed by atoms with Crippen molar-refractivity contribution in [2.75, 3.05) is 5.73 Å². The quantitative estimate of drug-likeness (QED) is 0.783. The second-order valence-corrected chi connectivity index (χ2v) is 5.13. The number of benzene rings is 1. The minimum atomic E-state index is 0.856. The van der Waals surface area contributed by atoms with Gasteiger partial charge >= 0.3 is 0 Å². The Morgan fingerprint density at radius 1 is 1.13 bits per heavy atom. The van der Waals surface area contributed by atoms with E-state index in [0.717, 1.165) is 18.5 Å². The van der Waals surface area contributed by atoms with E-state index in [0.29, 0.717) is 0 Å². The molecule has 0 aliphatic carbocycles. The molecule has 0 radical (unpaired) electrons. The summed E-state index contributed by atoms with van der Waals surface area (Å²) in [5.41, 5.74) is 7.91.